The molecule has 0 atom stereocenters. The fourth-order valence-corrected chi connectivity index (χ4v) is 3.64. The highest BCUT2D eigenvalue weighted by Gasteiger charge is 2.28. The van der Waals surface area contributed by atoms with Crippen molar-refractivity contribution in [2.75, 3.05) is 33.7 Å². The van der Waals surface area contributed by atoms with Crippen LogP contribution in [0, 0.1) is 6.92 Å². The van der Waals surface area contributed by atoms with Crippen LogP contribution in [0.2, 0.25) is 0 Å². The van der Waals surface area contributed by atoms with Gasteiger partial charge in [-0.3, -0.25) is 0 Å². The number of sulfonamides is 1. The van der Waals surface area contributed by atoms with E-state index in [1.165, 1.54) is 10.4 Å². The normalized spacial score (nSPS) is 12.6. The van der Waals surface area contributed by atoms with Crippen LogP contribution < -0.4 is 5.73 Å². The zero-order valence-corrected chi connectivity index (χ0v) is 13.5. The third-order valence-corrected chi connectivity index (χ3v) is 5.02. The summed E-state index contributed by atoms with van der Waals surface area (Å²) in [6.45, 7) is 5.46. The number of likely N-dealkylation sites (N-methyl/N-ethyl adjacent to an activating group) is 1. The average molecular weight is 303 g/mol. The molecule has 0 aromatic carbocycles. The highest BCUT2D eigenvalue weighted by atomic mass is 32.2. The van der Waals surface area contributed by atoms with E-state index in [9.17, 15) is 8.42 Å². The molecule has 0 aliphatic rings. The molecule has 2 N–H and O–H groups in total. The number of aryl methyl sites for hydroxylation is 1. The first-order valence-corrected chi connectivity index (χ1v) is 8.21. The topological polar surface area (TPSA) is 79.8 Å². The number of hydrogen-bond donors (Lipinski definition) is 1. The smallest absolute Gasteiger partial charge is 0.246 e. The Labute approximate surface area is 121 Å². The molecule has 0 bridgehead atoms. The summed E-state index contributed by atoms with van der Waals surface area (Å²) in [7, 11) is 0.325. The maximum atomic E-state index is 12.7. The Bertz CT molecular complexity index is 523. The summed E-state index contributed by atoms with van der Waals surface area (Å²) in [5, 5.41) is 0. The molecule has 0 fully saturated rings. The SMILES string of the molecule is CCCN(CCN(C)C)S(=O)(=O)c1cc(CN)oc1C. The highest BCUT2D eigenvalue weighted by Crippen LogP contribution is 2.23. The Balaban J connectivity index is 3.05. The fourth-order valence-electron chi connectivity index (χ4n) is 1.93. The summed E-state index contributed by atoms with van der Waals surface area (Å²) < 4.78 is 32.3. The van der Waals surface area contributed by atoms with E-state index in [1.807, 2.05) is 25.9 Å². The molecular formula is C13H25N3O3S. The minimum Gasteiger partial charge on any atom is -0.464 e. The minimum absolute atomic E-state index is 0.196. The molecule has 0 saturated heterocycles. The third-order valence-electron chi connectivity index (χ3n) is 3.01. The predicted octanol–water partition coefficient (Wildman–Crippen LogP) is 1.01. The third kappa shape index (κ3) is 4.05. The van der Waals surface area contributed by atoms with E-state index in [0.29, 0.717) is 31.2 Å². The van der Waals surface area contributed by atoms with E-state index in [0.717, 1.165) is 6.42 Å². The first-order chi connectivity index (χ1) is 9.32. The summed E-state index contributed by atoms with van der Waals surface area (Å²) in [6.07, 6.45) is 0.771. The lowest BCUT2D eigenvalue weighted by Gasteiger charge is -2.22. The predicted molar refractivity (Wildman–Crippen MR) is 78.9 cm³/mol. The molecule has 1 rings (SSSR count). The standard InChI is InChI=1S/C13H25N3O3S/c1-5-6-16(8-7-15(3)4)20(17,18)13-9-12(10-14)19-11(13)2/h9H,5-8,10,14H2,1-4H3. The van der Waals surface area contributed by atoms with Gasteiger partial charge in [-0.05, 0) is 27.4 Å². The van der Waals surface area contributed by atoms with Gasteiger partial charge >= 0.3 is 0 Å². The molecule has 116 valence electrons. The lowest BCUT2D eigenvalue weighted by atomic mass is 10.4. The molecule has 0 saturated carbocycles. The van der Waals surface area contributed by atoms with Crippen molar-refractivity contribution < 1.29 is 12.8 Å². The molecule has 1 heterocycles. The van der Waals surface area contributed by atoms with Crippen LogP contribution in [0.15, 0.2) is 15.4 Å². The fraction of sp³-hybridized carbons (Fsp3) is 0.692. The van der Waals surface area contributed by atoms with Crippen molar-refractivity contribution in [3.63, 3.8) is 0 Å². The molecule has 20 heavy (non-hydrogen) atoms. The maximum Gasteiger partial charge on any atom is 0.246 e. The number of rotatable bonds is 8. The summed E-state index contributed by atoms with van der Waals surface area (Å²) in [5.41, 5.74) is 5.50. The lowest BCUT2D eigenvalue weighted by molar-refractivity contribution is 0.332. The van der Waals surface area contributed by atoms with Gasteiger partial charge in [0.25, 0.3) is 0 Å². The van der Waals surface area contributed by atoms with Crippen LogP contribution in [-0.2, 0) is 16.6 Å². The first kappa shape index (κ1) is 17.2. The van der Waals surface area contributed by atoms with E-state index in [2.05, 4.69) is 0 Å². The molecule has 0 radical (unpaired) electrons. The molecule has 1 aromatic rings. The lowest BCUT2D eigenvalue weighted by Crippen LogP contribution is -2.37. The second-order valence-corrected chi connectivity index (χ2v) is 6.95. The molecule has 0 aliphatic carbocycles. The van der Waals surface area contributed by atoms with Crippen LogP contribution in [0.1, 0.15) is 24.9 Å². The zero-order valence-electron chi connectivity index (χ0n) is 12.7. The molecule has 0 unspecified atom stereocenters. The van der Waals surface area contributed by atoms with Crippen molar-refractivity contribution in [3.05, 3.63) is 17.6 Å². The molecule has 0 amide bonds. The van der Waals surface area contributed by atoms with Crippen molar-refractivity contribution in [2.45, 2.75) is 31.7 Å². The van der Waals surface area contributed by atoms with Crippen molar-refractivity contribution in [3.8, 4) is 0 Å². The number of furan rings is 1. The van der Waals surface area contributed by atoms with Crippen LogP contribution in [0.5, 0.6) is 0 Å². The van der Waals surface area contributed by atoms with Gasteiger partial charge in [-0.2, -0.15) is 4.31 Å². The van der Waals surface area contributed by atoms with E-state index in [1.54, 1.807) is 6.92 Å². The minimum atomic E-state index is -3.52. The molecule has 6 nitrogen and oxygen atoms in total. The van der Waals surface area contributed by atoms with Crippen molar-refractivity contribution in [2.24, 2.45) is 5.73 Å². The van der Waals surface area contributed by atoms with Crippen molar-refractivity contribution in [1.82, 2.24) is 9.21 Å². The van der Waals surface area contributed by atoms with Crippen molar-refractivity contribution >= 4 is 10.0 Å². The van der Waals surface area contributed by atoms with Gasteiger partial charge in [-0.25, -0.2) is 8.42 Å². The number of nitrogens with zero attached hydrogens (tertiary/aromatic N) is 2. The molecular weight excluding hydrogens is 278 g/mol. The number of nitrogens with two attached hydrogens (primary N) is 1. The van der Waals surface area contributed by atoms with E-state index in [4.69, 9.17) is 10.2 Å². The summed E-state index contributed by atoms with van der Waals surface area (Å²) in [4.78, 5) is 2.19. The van der Waals surface area contributed by atoms with Gasteiger partial charge in [0.1, 0.15) is 16.4 Å². The summed E-state index contributed by atoms with van der Waals surface area (Å²) in [6, 6.07) is 1.53. The molecule has 7 heteroatoms. The monoisotopic (exact) mass is 303 g/mol. The Morgan fingerprint density at radius 1 is 1.25 bits per heavy atom. The summed E-state index contributed by atoms with van der Waals surface area (Å²) in [5.74, 6) is 0.890. The Morgan fingerprint density at radius 3 is 2.35 bits per heavy atom. The molecule has 0 aliphatic heterocycles. The second kappa shape index (κ2) is 7.21. The number of hydrogen-bond acceptors (Lipinski definition) is 5. The first-order valence-electron chi connectivity index (χ1n) is 6.77. The van der Waals surface area contributed by atoms with E-state index in [-0.39, 0.29) is 11.4 Å². The van der Waals surface area contributed by atoms with Crippen LogP contribution in [-0.4, -0.2) is 51.4 Å². The highest BCUT2D eigenvalue weighted by molar-refractivity contribution is 7.89. The van der Waals surface area contributed by atoms with Crippen molar-refractivity contribution in [1.29, 1.82) is 0 Å². The van der Waals surface area contributed by atoms with Gasteiger partial charge in [0.15, 0.2) is 0 Å². The van der Waals surface area contributed by atoms with E-state index < -0.39 is 10.0 Å². The van der Waals surface area contributed by atoms with Gasteiger partial charge in [0.05, 0.1) is 6.54 Å². The molecule has 1 aromatic heterocycles. The summed E-state index contributed by atoms with van der Waals surface area (Å²) >= 11 is 0. The van der Waals surface area contributed by atoms with Gasteiger partial charge in [0.2, 0.25) is 10.0 Å². The average Bonchev–Trinajstić information content (AvgIpc) is 2.76. The zero-order chi connectivity index (χ0) is 15.3. The van der Waals surface area contributed by atoms with Gasteiger partial charge in [0, 0.05) is 25.7 Å². The van der Waals surface area contributed by atoms with Crippen LogP contribution in [0.4, 0.5) is 0 Å². The van der Waals surface area contributed by atoms with Gasteiger partial charge in [-0.15, -0.1) is 0 Å². The maximum absolute atomic E-state index is 12.7. The Morgan fingerprint density at radius 2 is 1.90 bits per heavy atom. The van der Waals surface area contributed by atoms with Gasteiger partial charge in [-0.1, -0.05) is 6.92 Å². The largest absolute Gasteiger partial charge is 0.464 e. The second-order valence-electron chi connectivity index (χ2n) is 5.04. The van der Waals surface area contributed by atoms with E-state index >= 15 is 0 Å². The quantitative estimate of drug-likeness (QED) is 0.775. The van der Waals surface area contributed by atoms with Crippen LogP contribution in [0.3, 0.4) is 0 Å². The molecule has 0 spiro atoms. The van der Waals surface area contributed by atoms with Crippen LogP contribution in [0.25, 0.3) is 0 Å². The van der Waals surface area contributed by atoms with Crippen LogP contribution >= 0.6 is 0 Å². The Kier molecular flexibility index (Phi) is 6.19. The van der Waals surface area contributed by atoms with Gasteiger partial charge < -0.3 is 15.1 Å². The Hall–Kier alpha value is -0.890.